The maximum absolute atomic E-state index is 11.5. The summed E-state index contributed by atoms with van der Waals surface area (Å²) in [5, 5.41) is 8.82. The molecule has 1 aromatic heterocycles. The Morgan fingerprint density at radius 3 is 3.00 bits per heavy atom. The molecule has 2 rings (SSSR count). The van der Waals surface area contributed by atoms with Gasteiger partial charge < -0.3 is 14.6 Å². The Morgan fingerprint density at radius 2 is 2.41 bits per heavy atom. The molecular formula is C10H10N2O5. The fraction of sp³-hybridized carbons (Fsp3) is 0.400. The van der Waals surface area contributed by atoms with Crippen LogP contribution in [0.5, 0.6) is 0 Å². The lowest BCUT2D eigenvalue weighted by Gasteiger charge is -2.12. The van der Waals surface area contributed by atoms with E-state index in [9.17, 15) is 9.59 Å². The molecule has 2 N–H and O–H groups in total. The van der Waals surface area contributed by atoms with Crippen LogP contribution < -0.4 is 11.2 Å². The second kappa shape index (κ2) is 4.55. The summed E-state index contributed by atoms with van der Waals surface area (Å²) in [7, 11) is 0. The molecule has 0 aromatic carbocycles. The van der Waals surface area contributed by atoms with Crippen molar-refractivity contribution >= 4 is 0 Å². The van der Waals surface area contributed by atoms with Gasteiger partial charge in [-0.2, -0.15) is 0 Å². The summed E-state index contributed by atoms with van der Waals surface area (Å²) in [4.78, 5) is 24.8. The van der Waals surface area contributed by atoms with Gasteiger partial charge in [0.05, 0.1) is 13.2 Å². The van der Waals surface area contributed by atoms with Crippen molar-refractivity contribution in [1.29, 1.82) is 0 Å². The summed E-state index contributed by atoms with van der Waals surface area (Å²) in [5.74, 6) is 2.16. The third-order valence-electron chi connectivity index (χ3n) is 2.32. The molecule has 1 fully saturated rings. The van der Waals surface area contributed by atoms with E-state index in [4.69, 9.17) is 21.0 Å². The molecule has 0 amide bonds. The molecule has 0 bridgehead atoms. The molecule has 2 atom stereocenters. The SMILES string of the molecule is C#Cc1cn([C@H]2CO[C@@H](CO)O2)c(=O)[nH]c1=O. The van der Waals surface area contributed by atoms with Crippen molar-refractivity contribution in [3.8, 4) is 12.3 Å². The Kier molecular flexibility index (Phi) is 3.10. The van der Waals surface area contributed by atoms with E-state index >= 15 is 0 Å². The lowest BCUT2D eigenvalue weighted by molar-refractivity contribution is -0.0993. The van der Waals surface area contributed by atoms with E-state index in [1.54, 1.807) is 0 Å². The van der Waals surface area contributed by atoms with Crippen molar-refractivity contribution in [2.24, 2.45) is 0 Å². The number of nitrogens with zero attached hydrogens (tertiary/aromatic N) is 1. The Morgan fingerprint density at radius 1 is 1.65 bits per heavy atom. The van der Waals surface area contributed by atoms with Gasteiger partial charge in [-0.15, -0.1) is 6.42 Å². The smallest absolute Gasteiger partial charge is 0.330 e. The monoisotopic (exact) mass is 238 g/mol. The number of aliphatic hydroxyl groups excluding tert-OH is 1. The van der Waals surface area contributed by atoms with Gasteiger partial charge in [0.15, 0.2) is 12.5 Å². The van der Waals surface area contributed by atoms with Crippen molar-refractivity contribution in [2.75, 3.05) is 13.2 Å². The average molecular weight is 238 g/mol. The minimum Gasteiger partial charge on any atom is -0.391 e. The molecule has 2 heterocycles. The number of aromatic amines is 1. The van der Waals surface area contributed by atoms with Crippen molar-refractivity contribution in [3.05, 3.63) is 32.6 Å². The van der Waals surface area contributed by atoms with Crippen LogP contribution in [0.1, 0.15) is 11.8 Å². The van der Waals surface area contributed by atoms with E-state index in [1.807, 2.05) is 0 Å². The Hall–Kier alpha value is -1.88. The van der Waals surface area contributed by atoms with Crippen molar-refractivity contribution in [2.45, 2.75) is 12.5 Å². The number of hydrogen-bond donors (Lipinski definition) is 2. The van der Waals surface area contributed by atoms with Gasteiger partial charge in [-0.1, -0.05) is 5.92 Å². The highest BCUT2D eigenvalue weighted by molar-refractivity contribution is 5.26. The molecule has 0 aliphatic carbocycles. The van der Waals surface area contributed by atoms with E-state index in [-0.39, 0.29) is 18.8 Å². The number of ether oxygens (including phenoxy) is 2. The second-order valence-electron chi connectivity index (χ2n) is 3.39. The van der Waals surface area contributed by atoms with Crippen molar-refractivity contribution in [1.82, 2.24) is 9.55 Å². The van der Waals surface area contributed by atoms with E-state index in [1.165, 1.54) is 6.20 Å². The van der Waals surface area contributed by atoms with Crippen LogP contribution in [-0.2, 0) is 9.47 Å². The van der Waals surface area contributed by atoms with E-state index < -0.39 is 23.8 Å². The molecule has 0 spiro atoms. The van der Waals surface area contributed by atoms with E-state index in [0.717, 1.165) is 4.57 Å². The first-order chi connectivity index (χ1) is 8.15. The number of terminal acetylenes is 1. The quantitative estimate of drug-likeness (QED) is 0.604. The first-order valence-electron chi connectivity index (χ1n) is 4.85. The summed E-state index contributed by atoms with van der Waals surface area (Å²) in [6.45, 7) is -0.211. The molecule has 0 radical (unpaired) electrons. The zero-order chi connectivity index (χ0) is 12.4. The number of aliphatic hydroxyl groups is 1. The predicted molar refractivity (Wildman–Crippen MR) is 56.2 cm³/mol. The Labute approximate surface area is 95.6 Å². The number of hydrogen-bond acceptors (Lipinski definition) is 5. The molecule has 1 aliphatic heterocycles. The zero-order valence-electron chi connectivity index (χ0n) is 8.75. The van der Waals surface area contributed by atoms with Gasteiger partial charge in [0.2, 0.25) is 0 Å². The van der Waals surface area contributed by atoms with Crippen LogP contribution in [0.3, 0.4) is 0 Å². The molecule has 0 unspecified atom stereocenters. The fourth-order valence-electron chi connectivity index (χ4n) is 1.49. The lowest BCUT2D eigenvalue weighted by atomic mass is 10.3. The molecule has 0 saturated carbocycles. The molecule has 1 saturated heterocycles. The lowest BCUT2D eigenvalue weighted by Crippen LogP contribution is -2.34. The summed E-state index contributed by atoms with van der Waals surface area (Å²) >= 11 is 0. The fourth-order valence-corrected chi connectivity index (χ4v) is 1.49. The maximum atomic E-state index is 11.5. The molecule has 17 heavy (non-hydrogen) atoms. The van der Waals surface area contributed by atoms with Crippen LogP contribution in [0.15, 0.2) is 15.8 Å². The predicted octanol–water partition coefficient (Wildman–Crippen LogP) is -1.62. The number of rotatable bonds is 2. The number of aromatic nitrogens is 2. The average Bonchev–Trinajstić information content (AvgIpc) is 2.78. The first kappa shape index (κ1) is 11.6. The van der Waals surface area contributed by atoms with Crippen LogP contribution in [-0.4, -0.2) is 34.2 Å². The van der Waals surface area contributed by atoms with Crippen LogP contribution in [0.4, 0.5) is 0 Å². The van der Waals surface area contributed by atoms with Crippen LogP contribution >= 0.6 is 0 Å². The highest BCUT2D eigenvalue weighted by atomic mass is 16.7. The van der Waals surface area contributed by atoms with Gasteiger partial charge in [-0.3, -0.25) is 14.3 Å². The minimum absolute atomic E-state index is 0.0284. The molecule has 1 aromatic rings. The summed E-state index contributed by atoms with van der Waals surface area (Å²) in [5.41, 5.74) is -1.23. The van der Waals surface area contributed by atoms with Gasteiger partial charge in [-0.05, 0) is 0 Å². The molecule has 7 heteroatoms. The third-order valence-corrected chi connectivity index (χ3v) is 2.32. The Balaban J connectivity index is 2.37. The maximum Gasteiger partial charge on any atom is 0.330 e. The van der Waals surface area contributed by atoms with E-state index in [0.29, 0.717) is 0 Å². The summed E-state index contributed by atoms with van der Waals surface area (Å²) in [6, 6.07) is 0. The molecule has 90 valence electrons. The second-order valence-corrected chi connectivity index (χ2v) is 3.39. The van der Waals surface area contributed by atoms with Crippen molar-refractivity contribution in [3.63, 3.8) is 0 Å². The number of nitrogens with one attached hydrogen (secondary N) is 1. The number of H-pyrrole nitrogens is 1. The van der Waals surface area contributed by atoms with Crippen molar-refractivity contribution < 1.29 is 14.6 Å². The van der Waals surface area contributed by atoms with Crippen LogP contribution in [0.2, 0.25) is 0 Å². The van der Waals surface area contributed by atoms with E-state index in [2.05, 4.69) is 10.9 Å². The highest BCUT2D eigenvalue weighted by Crippen LogP contribution is 2.18. The molecule has 1 aliphatic rings. The largest absolute Gasteiger partial charge is 0.391 e. The van der Waals surface area contributed by atoms with Gasteiger partial charge >= 0.3 is 5.69 Å². The van der Waals surface area contributed by atoms with Gasteiger partial charge in [0, 0.05) is 6.20 Å². The molecular weight excluding hydrogens is 228 g/mol. The Bertz CT molecular complexity index is 567. The third kappa shape index (κ3) is 2.14. The zero-order valence-corrected chi connectivity index (χ0v) is 8.75. The van der Waals surface area contributed by atoms with Gasteiger partial charge in [0.1, 0.15) is 5.56 Å². The van der Waals surface area contributed by atoms with Gasteiger partial charge in [0.25, 0.3) is 5.56 Å². The highest BCUT2D eigenvalue weighted by Gasteiger charge is 2.27. The standard InChI is InChI=1S/C10H10N2O5/c1-2-6-3-12(10(15)11-9(6)14)7-5-16-8(4-13)17-7/h1,3,7-8,13H,4-5H2,(H,11,14,15)/t7-,8-/m1/s1. The van der Waals surface area contributed by atoms with Gasteiger partial charge in [-0.25, -0.2) is 4.79 Å². The summed E-state index contributed by atoms with van der Waals surface area (Å²) in [6.07, 6.45) is 4.88. The minimum atomic E-state index is -0.770. The summed E-state index contributed by atoms with van der Waals surface area (Å²) < 4.78 is 11.4. The van der Waals surface area contributed by atoms with Crippen LogP contribution in [0.25, 0.3) is 0 Å². The topological polar surface area (TPSA) is 93.6 Å². The molecule has 7 nitrogen and oxygen atoms in total. The first-order valence-corrected chi connectivity index (χ1v) is 4.85. The van der Waals surface area contributed by atoms with Crippen LogP contribution in [0, 0.1) is 12.3 Å². The normalized spacial score (nSPS) is 23.5.